The Balaban J connectivity index is 1.92. The zero-order valence-corrected chi connectivity index (χ0v) is 11.0. The summed E-state index contributed by atoms with van der Waals surface area (Å²) in [6.07, 6.45) is 1.83. The fourth-order valence-electron chi connectivity index (χ4n) is 1.95. The van der Waals surface area contributed by atoms with E-state index in [2.05, 4.69) is 4.98 Å². The van der Waals surface area contributed by atoms with Crippen molar-refractivity contribution >= 4 is 23.3 Å². The maximum absolute atomic E-state index is 12.0. The molecule has 1 fully saturated rings. The van der Waals surface area contributed by atoms with Gasteiger partial charge in [0, 0.05) is 26.3 Å². The third-order valence-electron chi connectivity index (χ3n) is 2.99. The summed E-state index contributed by atoms with van der Waals surface area (Å²) in [7, 11) is 1.81. The number of pyridine rings is 1. The third-order valence-corrected chi connectivity index (χ3v) is 3.21. The molecule has 5 nitrogen and oxygen atoms in total. The number of anilines is 1. The summed E-state index contributed by atoms with van der Waals surface area (Å²) < 4.78 is 0. The molecule has 2 heterocycles. The minimum absolute atomic E-state index is 0.00537. The zero-order valence-electron chi connectivity index (χ0n) is 10.2. The van der Waals surface area contributed by atoms with E-state index in [0.29, 0.717) is 30.4 Å². The fraction of sp³-hybridized carbons (Fsp3) is 0.500. The van der Waals surface area contributed by atoms with Crippen LogP contribution in [0.5, 0.6) is 0 Å². The molecular formula is C12H16ClN3O2. The zero-order chi connectivity index (χ0) is 13.1. The molecule has 0 aliphatic carbocycles. The second kappa shape index (κ2) is 5.54. The number of likely N-dealkylation sites (tertiary alicyclic amines) is 1. The van der Waals surface area contributed by atoms with E-state index in [1.165, 1.54) is 0 Å². The van der Waals surface area contributed by atoms with Gasteiger partial charge in [0.1, 0.15) is 5.82 Å². The van der Waals surface area contributed by atoms with Crippen molar-refractivity contribution < 1.29 is 9.90 Å². The number of carbonyl (C=O) groups excluding carboxylic acids is 1. The lowest BCUT2D eigenvalue weighted by Crippen LogP contribution is -2.38. The Labute approximate surface area is 111 Å². The standard InChI is InChI=1S/C12H16ClN3O2/c1-15(11-3-2-9(13)6-14-11)8-12(18)16-5-4-10(17)7-16/h2-3,6,10,17H,4-5,7-8H2,1H3. The molecule has 1 saturated heterocycles. The van der Waals surface area contributed by atoms with Crippen LogP contribution < -0.4 is 4.90 Å². The van der Waals surface area contributed by atoms with E-state index in [1.807, 2.05) is 0 Å². The van der Waals surface area contributed by atoms with E-state index >= 15 is 0 Å². The van der Waals surface area contributed by atoms with Crippen LogP contribution in [0.2, 0.25) is 5.02 Å². The van der Waals surface area contributed by atoms with Crippen molar-refractivity contribution in [2.24, 2.45) is 0 Å². The number of amides is 1. The van der Waals surface area contributed by atoms with Crippen LogP contribution >= 0.6 is 11.6 Å². The van der Waals surface area contributed by atoms with E-state index in [-0.39, 0.29) is 18.6 Å². The molecule has 0 aromatic carbocycles. The second-order valence-corrected chi connectivity index (χ2v) is 4.91. The van der Waals surface area contributed by atoms with Gasteiger partial charge in [-0.25, -0.2) is 4.98 Å². The minimum atomic E-state index is -0.382. The number of hydrogen-bond donors (Lipinski definition) is 1. The van der Waals surface area contributed by atoms with Crippen LogP contribution in [0.3, 0.4) is 0 Å². The number of aliphatic hydroxyl groups excluding tert-OH is 1. The molecule has 1 aliphatic heterocycles. The average molecular weight is 270 g/mol. The van der Waals surface area contributed by atoms with Crippen molar-refractivity contribution in [3.8, 4) is 0 Å². The SMILES string of the molecule is CN(CC(=O)N1CCC(O)C1)c1ccc(Cl)cn1. The lowest BCUT2D eigenvalue weighted by atomic mass is 10.3. The van der Waals surface area contributed by atoms with Gasteiger partial charge in [0.15, 0.2) is 0 Å². The van der Waals surface area contributed by atoms with Gasteiger partial charge in [-0.1, -0.05) is 11.6 Å². The summed E-state index contributed by atoms with van der Waals surface area (Å²) >= 11 is 5.76. The molecule has 1 aromatic heterocycles. The molecule has 2 rings (SSSR count). The molecule has 1 aromatic rings. The Morgan fingerprint density at radius 3 is 3.00 bits per heavy atom. The quantitative estimate of drug-likeness (QED) is 0.880. The van der Waals surface area contributed by atoms with Gasteiger partial charge in [0.05, 0.1) is 17.7 Å². The van der Waals surface area contributed by atoms with Crippen molar-refractivity contribution in [3.05, 3.63) is 23.4 Å². The Kier molecular flexibility index (Phi) is 4.04. The van der Waals surface area contributed by atoms with E-state index in [1.54, 1.807) is 35.2 Å². The van der Waals surface area contributed by atoms with Gasteiger partial charge in [-0.15, -0.1) is 0 Å². The molecule has 6 heteroatoms. The Morgan fingerprint density at radius 2 is 2.44 bits per heavy atom. The van der Waals surface area contributed by atoms with Crippen LogP contribution in [-0.2, 0) is 4.79 Å². The van der Waals surface area contributed by atoms with Gasteiger partial charge >= 0.3 is 0 Å². The summed E-state index contributed by atoms with van der Waals surface area (Å²) in [6.45, 7) is 1.31. The van der Waals surface area contributed by atoms with E-state index in [9.17, 15) is 9.90 Å². The first kappa shape index (κ1) is 13.1. The largest absolute Gasteiger partial charge is 0.391 e. The first-order chi connectivity index (χ1) is 8.56. The highest BCUT2D eigenvalue weighted by molar-refractivity contribution is 6.30. The number of β-amino-alcohol motifs (C(OH)–C–C–N with tert-alkyl or cyclic N) is 1. The molecule has 1 aliphatic rings. The van der Waals surface area contributed by atoms with Gasteiger partial charge in [0.25, 0.3) is 0 Å². The van der Waals surface area contributed by atoms with E-state index in [0.717, 1.165) is 0 Å². The highest BCUT2D eigenvalue weighted by Gasteiger charge is 2.25. The van der Waals surface area contributed by atoms with Crippen molar-refractivity contribution in [1.82, 2.24) is 9.88 Å². The van der Waals surface area contributed by atoms with Gasteiger partial charge in [-0.2, -0.15) is 0 Å². The van der Waals surface area contributed by atoms with Crippen LogP contribution in [0.15, 0.2) is 18.3 Å². The number of likely N-dealkylation sites (N-methyl/N-ethyl adjacent to an activating group) is 1. The van der Waals surface area contributed by atoms with E-state index in [4.69, 9.17) is 11.6 Å². The number of halogens is 1. The summed E-state index contributed by atoms with van der Waals surface area (Å²) in [5, 5.41) is 9.97. The highest BCUT2D eigenvalue weighted by Crippen LogP contribution is 2.14. The smallest absolute Gasteiger partial charge is 0.242 e. The average Bonchev–Trinajstić information content (AvgIpc) is 2.76. The van der Waals surface area contributed by atoms with Crippen LogP contribution in [0.1, 0.15) is 6.42 Å². The summed E-state index contributed by atoms with van der Waals surface area (Å²) in [5.41, 5.74) is 0. The number of carbonyl (C=O) groups is 1. The molecule has 0 bridgehead atoms. The molecule has 1 unspecified atom stereocenters. The van der Waals surface area contributed by atoms with Crippen molar-refractivity contribution in [2.45, 2.75) is 12.5 Å². The van der Waals surface area contributed by atoms with Crippen LogP contribution in [-0.4, -0.2) is 53.7 Å². The van der Waals surface area contributed by atoms with Crippen molar-refractivity contribution in [3.63, 3.8) is 0 Å². The molecule has 1 amide bonds. The van der Waals surface area contributed by atoms with E-state index < -0.39 is 0 Å². The van der Waals surface area contributed by atoms with Crippen LogP contribution in [0, 0.1) is 0 Å². The number of aliphatic hydroxyl groups is 1. The summed E-state index contributed by atoms with van der Waals surface area (Å²) in [5.74, 6) is 0.707. The fourth-order valence-corrected chi connectivity index (χ4v) is 2.06. The normalized spacial score (nSPS) is 19.1. The minimum Gasteiger partial charge on any atom is -0.391 e. The Morgan fingerprint density at radius 1 is 1.67 bits per heavy atom. The molecule has 0 radical (unpaired) electrons. The summed E-state index contributed by atoms with van der Waals surface area (Å²) in [4.78, 5) is 19.6. The molecule has 0 saturated carbocycles. The maximum atomic E-state index is 12.0. The van der Waals surface area contributed by atoms with Crippen molar-refractivity contribution in [1.29, 1.82) is 0 Å². The first-order valence-electron chi connectivity index (χ1n) is 5.85. The third kappa shape index (κ3) is 3.11. The molecule has 1 N–H and O–H groups in total. The maximum Gasteiger partial charge on any atom is 0.242 e. The lowest BCUT2D eigenvalue weighted by molar-refractivity contribution is -0.129. The topological polar surface area (TPSA) is 56.7 Å². The predicted octanol–water partition coefficient (Wildman–Crippen LogP) is 0.764. The molecule has 98 valence electrons. The molecule has 18 heavy (non-hydrogen) atoms. The lowest BCUT2D eigenvalue weighted by Gasteiger charge is -2.22. The van der Waals surface area contributed by atoms with Crippen LogP contribution in [0.25, 0.3) is 0 Å². The predicted molar refractivity (Wildman–Crippen MR) is 69.7 cm³/mol. The number of hydrogen-bond acceptors (Lipinski definition) is 4. The van der Waals surface area contributed by atoms with Crippen molar-refractivity contribution in [2.75, 3.05) is 31.6 Å². The molecular weight excluding hydrogens is 254 g/mol. The second-order valence-electron chi connectivity index (χ2n) is 4.47. The van der Waals surface area contributed by atoms with Gasteiger partial charge in [-0.05, 0) is 18.6 Å². The molecule has 1 atom stereocenters. The highest BCUT2D eigenvalue weighted by atomic mass is 35.5. The molecule has 0 spiro atoms. The van der Waals surface area contributed by atoms with Crippen LogP contribution in [0.4, 0.5) is 5.82 Å². The summed E-state index contributed by atoms with van der Waals surface area (Å²) in [6, 6.07) is 3.51. The number of rotatable bonds is 3. The number of aromatic nitrogens is 1. The monoisotopic (exact) mass is 269 g/mol. The van der Waals surface area contributed by atoms with Gasteiger partial charge in [0.2, 0.25) is 5.91 Å². The number of nitrogens with zero attached hydrogens (tertiary/aromatic N) is 3. The first-order valence-corrected chi connectivity index (χ1v) is 6.22. The Bertz CT molecular complexity index is 424. The Hall–Kier alpha value is -1.33. The van der Waals surface area contributed by atoms with Gasteiger partial charge in [-0.3, -0.25) is 4.79 Å². The van der Waals surface area contributed by atoms with Gasteiger partial charge < -0.3 is 14.9 Å².